The molecule has 0 bridgehead atoms. The molecule has 0 amide bonds. The minimum Gasteiger partial charge on any atom is -0.462 e. The maximum atomic E-state index is 12.9. The fourth-order valence-electron chi connectivity index (χ4n) is 8.46. The lowest BCUT2D eigenvalue weighted by Crippen LogP contribution is -2.30. The first-order valence-electron chi connectivity index (χ1n) is 33.3. The van der Waals surface area contributed by atoms with Crippen LogP contribution in [0.3, 0.4) is 0 Å². The van der Waals surface area contributed by atoms with Gasteiger partial charge in [-0.3, -0.25) is 14.4 Å². The van der Waals surface area contributed by atoms with Crippen LogP contribution in [0.4, 0.5) is 0 Å². The van der Waals surface area contributed by atoms with Crippen LogP contribution in [-0.2, 0) is 28.6 Å². The Morgan fingerprint density at radius 1 is 0.253 bits per heavy atom. The molecule has 0 aliphatic carbocycles. The van der Waals surface area contributed by atoms with Crippen molar-refractivity contribution in [3.63, 3.8) is 0 Å². The molecular formula is C77H120O6. The SMILES string of the molecule is CC/C=C\C/C=C\C/C=C\C/C=C\C/C=C\C/C=C\C/C=C\C/C=C\C/C=C\CCCCCCCC(=O)OCC(COC(=O)CCCCC/C=C\C/C=C\C/C=C\CC)OC(=O)CCCCCCCC/C=C\C/C=C\C/C=C\CCCCC. The summed E-state index contributed by atoms with van der Waals surface area (Å²) in [6.45, 7) is 6.32. The van der Waals surface area contributed by atoms with Crippen LogP contribution in [0.5, 0.6) is 0 Å². The zero-order chi connectivity index (χ0) is 59.9. The highest BCUT2D eigenvalue weighted by atomic mass is 16.6. The van der Waals surface area contributed by atoms with Gasteiger partial charge in [-0.05, 0) is 161 Å². The standard InChI is InChI=1S/C77H120O6/c1-4-7-10-13-16-19-22-25-27-29-31-32-33-34-35-36-37-38-39-40-41-42-43-44-46-47-49-52-55-58-61-64-67-70-76(79)82-73-74(72-81-75(78)69-66-63-60-57-54-51-24-21-18-15-12-9-6-3)83-77(80)71-68-65-62-59-56-53-50-48-45-30-28-26-23-20-17-14-11-8-5-2/h7,9-10,12,16-21,25-28,31-32,34-35,37-38,40-41,43-45,47-49,51,54,74H,4-6,8,11,13-15,22-24,29-30,33,36,39,42,46,50,52-53,55-73H2,1-3H3/b10-7-,12-9-,19-16-,20-17-,21-18-,27-25-,28-26-,32-31-,35-34-,38-37-,41-40-,44-43-,48-45-,49-47-,54-51-. The van der Waals surface area contributed by atoms with Crippen molar-refractivity contribution in [2.45, 2.75) is 271 Å². The summed E-state index contributed by atoms with van der Waals surface area (Å²) >= 11 is 0. The van der Waals surface area contributed by atoms with E-state index in [2.05, 4.69) is 203 Å². The fraction of sp³-hybridized carbons (Fsp3) is 0.571. The number of ether oxygens (including phenoxy) is 3. The zero-order valence-corrected chi connectivity index (χ0v) is 53.1. The highest BCUT2D eigenvalue weighted by Crippen LogP contribution is 2.14. The molecular weight excluding hydrogens is 1020 g/mol. The van der Waals surface area contributed by atoms with Gasteiger partial charge in [0.15, 0.2) is 6.10 Å². The van der Waals surface area contributed by atoms with Gasteiger partial charge in [0.25, 0.3) is 0 Å². The molecule has 0 aliphatic heterocycles. The lowest BCUT2D eigenvalue weighted by Gasteiger charge is -2.18. The molecule has 6 nitrogen and oxygen atoms in total. The van der Waals surface area contributed by atoms with Gasteiger partial charge in [-0.2, -0.15) is 0 Å². The molecule has 0 radical (unpaired) electrons. The van der Waals surface area contributed by atoms with E-state index in [9.17, 15) is 14.4 Å². The number of unbranched alkanes of at least 4 members (excludes halogenated alkanes) is 17. The van der Waals surface area contributed by atoms with Crippen molar-refractivity contribution in [1.29, 1.82) is 0 Å². The van der Waals surface area contributed by atoms with E-state index in [4.69, 9.17) is 14.2 Å². The summed E-state index contributed by atoms with van der Waals surface area (Å²) in [6, 6.07) is 0. The number of carbonyl (C=O) groups excluding carboxylic acids is 3. The largest absolute Gasteiger partial charge is 0.462 e. The van der Waals surface area contributed by atoms with Gasteiger partial charge in [0.1, 0.15) is 13.2 Å². The molecule has 0 rings (SSSR count). The minimum atomic E-state index is -0.817. The first-order chi connectivity index (χ1) is 41.0. The summed E-state index contributed by atoms with van der Waals surface area (Å²) in [6.07, 6.45) is 103. The van der Waals surface area contributed by atoms with Crippen molar-refractivity contribution in [2.24, 2.45) is 0 Å². The van der Waals surface area contributed by atoms with E-state index in [-0.39, 0.29) is 31.1 Å². The van der Waals surface area contributed by atoms with Crippen molar-refractivity contribution in [3.05, 3.63) is 182 Å². The Morgan fingerprint density at radius 3 is 0.747 bits per heavy atom. The Labute approximate surface area is 510 Å². The van der Waals surface area contributed by atoms with Crippen molar-refractivity contribution >= 4 is 17.9 Å². The van der Waals surface area contributed by atoms with Crippen LogP contribution in [0.1, 0.15) is 265 Å². The molecule has 0 heterocycles. The van der Waals surface area contributed by atoms with Gasteiger partial charge < -0.3 is 14.2 Å². The van der Waals surface area contributed by atoms with Crippen LogP contribution >= 0.6 is 0 Å². The highest BCUT2D eigenvalue weighted by molar-refractivity contribution is 5.71. The highest BCUT2D eigenvalue weighted by Gasteiger charge is 2.19. The van der Waals surface area contributed by atoms with Gasteiger partial charge in [-0.25, -0.2) is 0 Å². The van der Waals surface area contributed by atoms with Gasteiger partial charge in [0, 0.05) is 19.3 Å². The second-order valence-corrected chi connectivity index (χ2v) is 21.3. The number of rotatable bonds is 58. The van der Waals surface area contributed by atoms with E-state index >= 15 is 0 Å². The van der Waals surface area contributed by atoms with Crippen LogP contribution in [0.25, 0.3) is 0 Å². The predicted octanol–water partition coefficient (Wildman–Crippen LogP) is 23.2. The third kappa shape index (κ3) is 67.2. The van der Waals surface area contributed by atoms with Gasteiger partial charge >= 0.3 is 17.9 Å². The quantitative estimate of drug-likeness (QED) is 0.0261. The monoisotopic (exact) mass is 1140 g/mol. The average Bonchev–Trinajstić information content (AvgIpc) is 3.49. The van der Waals surface area contributed by atoms with E-state index in [0.29, 0.717) is 19.3 Å². The summed E-state index contributed by atoms with van der Waals surface area (Å²) in [4.78, 5) is 38.3. The lowest BCUT2D eigenvalue weighted by atomic mass is 10.1. The van der Waals surface area contributed by atoms with Gasteiger partial charge in [-0.1, -0.05) is 267 Å². The summed E-state index contributed by atoms with van der Waals surface area (Å²) < 4.78 is 16.9. The molecule has 0 aromatic carbocycles. The number of esters is 3. The minimum absolute atomic E-state index is 0.112. The topological polar surface area (TPSA) is 78.9 Å². The molecule has 0 N–H and O–H groups in total. The Morgan fingerprint density at radius 2 is 0.470 bits per heavy atom. The van der Waals surface area contributed by atoms with Crippen molar-refractivity contribution in [1.82, 2.24) is 0 Å². The molecule has 0 spiro atoms. The van der Waals surface area contributed by atoms with Crippen LogP contribution < -0.4 is 0 Å². The fourth-order valence-corrected chi connectivity index (χ4v) is 8.46. The molecule has 1 atom stereocenters. The lowest BCUT2D eigenvalue weighted by molar-refractivity contribution is -0.167. The van der Waals surface area contributed by atoms with E-state index in [1.165, 1.54) is 38.5 Å². The molecule has 0 saturated carbocycles. The van der Waals surface area contributed by atoms with Crippen molar-refractivity contribution in [3.8, 4) is 0 Å². The maximum Gasteiger partial charge on any atom is 0.306 e. The summed E-state index contributed by atoms with van der Waals surface area (Å²) in [5.41, 5.74) is 0. The third-order valence-electron chi connectivity index (χ3n) is 13.4. The van der Waals surface area contributed by atoms with Gasteiger partial charge in [0.05, 0.1) is 0 Å². The smallest absolute Gasteiger partial charge is 0.306 e. The van der Waals surface area contributed by atoms with Crippen LogP contribution in [0, 0.1) is 0 Å². The maximum absolute atomic E-state index is 12.9. The van der Waals surface area contributed by atoms with Crippen LogP contribution in [0.2, 0.25) is 0 Å². The van der Waals surface area contributed by atoms with Crippen molar-refractivity contribution in [2.75, 3.05) is 13.2 Å². The van der Waals surface area contributed by atoms with E-state index in [1.54, 1.807) is 0 Å². The second kappa shape index (κ2) is 69.0. The third-order valence-corrected chi connectivity index (χ3v) is 13.4. The van der Waals surface area contributed by atoms with Gasteiger partial charge in [0.2, 0.25) is 0 Å². The van der Waals surface area contributed by atoms with E-state index in [1.807, 2.05) is 0 Å². The number of allylic oxidation sites excluding steroid dienone is 30. The second-order valence-electron chi connectivity index (χ2n) is 21.3. The first-order valence-corrected chi connectivity index (χ1v) is 33.3. The van der Waals surface area contributed by atoms with E-state index < -0.39 is 6.10 Å². The molecule has 464 valence electrons. The molecule has 6 heteroatoms. The molecule has 83 heavy (non-hydrogen) atoms. The molecule has 0 aromatic rings. The number of hydrogen-bond donors (Lipinski definition) is 0. The van der Waals surface area contributed by atoms with Crippen LogP contribution in [0.15, 0.2) is 182 Å². The average molecular weight is 1140 g/mol. The zero-order valence-electron chi connectivity index (χ0n) is 53.1. The van der Waals surface area contributed by atoms with E-state index in [0.717, 1.165) is 186 Å². The number of hydrogen-bond acceptors (Lipinski definition) is 6. The first kappa shape index (κ1) is 77.5. The normalized spacial score (nSPS) is 13.3. The molecule has 1 unspecified atom stereocenters. The Hall–Kier alpha value is -5.49. The van der Waals surface area contributed by atoms with Gasteiger partial charge in [-0.15, -0.1) is 0 Å². The Bertz CT molecular complexity index is 1940. The Kier molecular flexibility index (Phi) is 64.4. The molecule has 0 aliphatic rings. The predicted molar refractivity (Wildman–Crippen MR) is 361 cm³/mol. The molecule has 0 fully saturated rings. The summed E-state index contributed by atoms with van der Waals surface area (Å²) in [5, 5.41) is 0. The van der Waals surface area contributed by atoms with Crippen molar-refractivity contribution < 1.29 is 28.6 Å². The molecule has 0 aromatic heterocycles. The summed E-state index contributed by atoms with van der Waals surface area (Å²) in [7, 11) is 0. The summed E-state index contributed by atoms with van der Waals surface area (Å²) in [5.74, 6) is -0.977. The Balaban J connectivity index is 4.40. The van der Waals surface area contributed by atoms with Crippen LogP contribution in [-0.4, -0.2) is 37.2 Å². The number of carbonyl (C=O) groups is 3. The molecule has 0 saturated heterocycles.